The molecule has 0 N–H and O–H groups in total. The lowest BCUT2D eigenvalue weighted by molar-refractivity contribution is -0.449. The standard InChI is InChI=1S/C10H5F17.C9H12.FI/c1-2(11)4(14,15)6(18,19)8(22,23)10(26,27)9(24,25)7(20,21)5(16,17)3(12)13;1-8(2)9-6-4-3-5-7-9;1-2/h2-3H,1H3;3-8H,1-2H3;. The maximum absolute atomic E-state index is 13.1. The first-order valence-electron chi connectivity index (χ1n) is 9.45. The predicted octanol–water partition coefficient (Wildman–Crippen LogP) is 10.2. The van der Waals surface area contributed by atoms with Gasteiger partial charge in [-0.05, 0) is 18.4 Å². The molecule has 1 aromatic rings. The number of halogens is 19. The van der Waals surface area contributed by atoms with Crippen molar-refractivity contribution in [3.63, 3.8) is 0 Å². The third-order valence-electron chi connectivity index (χ3n) is 4.65. The van der Waals surface area contributed by atoms with Gasteiger partial charge in [-0.2, -0.15) is 64.3 Å². The number of hydrogen-bond donors (Lipinski definition) is 0. The molecule has 0 bridgehead atoms. The Labute approximate surface area is 217 Å². The highest BCUT2D eigenvalue weighted by atomic mass is 127. The molecule has 19 heteroatoms. The Morgan fingerprint density at radius 3 is 1.03 bits per heavy atom. The van der Waals surface area contributed by atoms with Crippen molar-refractivity contribution in [3.05, 3.63) is 35.9 Å². The Morgan fingerprint density at radius 2 is 0.789 bits per heavy atom. The zero-order valence-electron chi connectivity index (χ0n) is 18.8. The van der Waals surface area contributed by atoms with Crippen LogP contribution in [0.4, 0.5) is 77.5 Å². The summed E-state index contributed by atoms with van der Waals surface area (Å²) in [7, 11) is 0. The summed E-state index contributed by atoms with van der Waals surface area (Å²) in [6.45, 7) is 3.77. The Bertz CT molecular complexity index is 789. The van der Waals surface area contributed by atoms with Gasteiger partial charge in [-0.1, -0.05) is 44.2 Å². The molecule has 0 aliphatic heterocycles. The smallest absolute Gasteiger partial charge is 0.241 e. The monoisotopic (exact) mass is 714 g/mol. The second-order valence-electron chi connectivity index (χ2n) is 7.60. The van der Waals surface area contributed by atoms with Gasteiger partial charge in [0.1, 0.15) is 0 Å². The van der Waals surface area contributed by atoms with Gasteiger partial charge in [0.15, 0.2) is 29.3 Å². The molecule has 0 radical (unpaired) electrons. The molecular weight excluding hydrogens is 697 g/mol. The minimum atomic E-state index is -8.48. The van der Waals surface area contributed by atoms with Crippen molar-refractivity contribution in [2.24, 2.45) is 0 Å². The summed E-state index contributed by atoms with van der Waals surface area (Å²) < 4.78 is 225. The fourth-order valence-corrected chi connectivity index (χ4v) is 2.23. The minimum absolute atomic E-state index is 0.639. The fraction of sp³-hybridized carbons (Fsp3) is 0.684. The maximum Gasteiger partial charge on any atom is 0.385 e. The molecule has 226 valence electrons. The van der Waals surface area contributed by atoms with Crippen molar-refractivity contribution in [1.82, 2.24) is 0 Å². The van der Waals surface area contributed by atoms with Crippen LogP contribution in [0.15, 0.2) is 30.3 Å². The van der Waals surface area contributed by atoms with Crippen LogP contribution < -0.4 is 0 Å². The molecule has 1 aromatic carbocycles. The summed E-state index contributed by atoms with van der Waals surface area (Å²) in [6.07, 6.45) is -10.3. The van der Waals surface area contributed by atoms with Crippen LogP contribution in [0.1, 0.15) is 32.3 Å². The summed E-state index contributed by atoms with van der Waals surface area (Å²) in [5.74, 6) is -54.9. The summed E-state index contributed by atoms with van der Waals surface area (Å²) in [5, 5.41) is 0. The molecule has 0 saturated heterocycles. The highest BCUT2D eigenvalue weighted by molar-refractivity contribution is 14.1. The van der Waals surface area contributed by atoms with Gasteiger partial charge in [-0.3, -0.25) is 0 Å². The molecule has 0 fully saturated rings. The second-order valence-corrected chi connectivity index (χ2v) is 7.60. The van der Waals surface area contributed by atoms with E-state index in [0.717, 1.165) is 0 Å². The van der Waals surface area contributed by atoms with Gasteiger partial charge >= 0.3 is 47.9 Å². The van der Waals surface area contributed by atoms with Gasteiger partial charge < -0.3 is 0 Å². The molecule has 0 aliphatic rings. The van der Waals surface area contributed by atoms with E-state index < -0.39 is 61.0 Å². The number of alkyl halides is 17. The van der Waals surface area contributed by atoms with Crippen LogP contribution in [0, 0.1) is 0 Å². The lowest BCUT2D eigenvalue weighted by atomic mass is 9.88. The molecule has 1 atom stereocenters. The van der Waals surface area contributed by atoms with Crippen LogP contribution in [-0.4, -0.2) is 54.1 Å². The summed E-state index contributed by atoms with van der Waals surface area (Å²) >= 11 is 0.650. The lowest BCUT2D eigenvalue weighted by Gasteiger charge is -2.42. The van der Waals surface area contributed by atoms with E-state index >= 15 is 0 Å². The highest BCUT2D eigenvalue weighted by Gasteiger charge is 2.93. The van der Waals surface area contributed by atoms with Crippen LogP contribution in [0.5, 0.6) is 0 Å². The lowest BCUT2D eigenvalue weighted by Crippen LogP contribution is -2.74. The van der Waals surface area contributed by atoms with E-state index in [0.29, 0.717) is 29.1 Å². The van der Waals surface area contributed by atoms with E-state index in [1.54, 1.807) is 0 Å². The average molecular weight is 714 g/mol. The van der Waals surface area contributed by atoms with Gasteiger partial charge in [0.25, 0.3) is 0 Å². The Morgan fingerprint density at radius 1 is 0.500 bits per heavy atom. The number of hydrogen-bond acceptors (Lipinski definition) is 0. The van der Waals surface area contributed by atoms with Crippen LogP contribution in [0.2, 0.25) is 0 Å². The van der Waals surface area contributed by atoms with Crippen molar-refractivity contribution in [3.8, 4) is 0 Å². The first-order valence-corrected chi connectivity index (χ1v) is 10.3. The summed E-state index contributed by atoms with van der Waals surface area (Å²) in [6, 6.07) is 10.5. The minimum Gasteiger partial charge on any atom is -0.241 e. The Kier molecular flexibility index (Phi) is 13.2. The van der Waals surface area contributed by atoms with Crippen LogP contribution in [0.25, 0.3) is 0 Å². The first kappa shape index (κ1) is 38.8. The molecule has 0 aliphatic carbocycles. The molecule has 0 saturated carbocycles. The predicted molar refractivity (Wildman–Crippen MR) is 107 cm³/mol. The molecule has 1 rings (SSSR count). The highest BCUT2D eigenvalue weighted by Crippen LogP contribution is 2.63. The van der Waals surface area contributed by atoms with E-state index in [4.69, 9.17) is 0 Å². The van der Waals surface area contributed by atoms with Gasteiger partial charge in [-0.15, -0.1) is 0 Å². The topological polar surface area (TPSA) is 0 Å². The van der Waals surface area contributed by atoms with Crippen molar-refractivity contribution < 1.29 is 77.5 Å². The fourth-order valence-electron chi connectivity index (χ4n) is 2.23. The van der Waals surface area contributed by atoms with E-state index in [9.17, 15) is 77.5 Å². The molecule has 38 heavy (non-hydrogen) atoms. The third kappa shape index (κ3) is 6.69. The van der Waals surface area contributed by atoms with E-state index in [1.807, 2.05) is 6.07 Å². The van der Waals surface area contributed by atoms with Gasteiger partial charge in [0.05, 0.1) is 0 Å². The molecule has 0 amide bonds. The number of benzene rings is 1. The van der Waals surface area contributed by atoms with E-state index in [-0.39, 0.29) is 0 Å². The van der Waals surface area contributed by atoms with Gasteiger partial charge in [-0.25, -0.2) is 13.2 Å². The summed E-state index contributed by atoms with van der Waals surface area (Å²) in [5.41, 5.74) is 1.41. The van der Waals surface area contributed by atoms with E-state index in [1.165, 1.54) is 5.56 Å². The molecule has 0 heterocycles. The van der Waals surface area contributed by atoms with Gasteiger partial charge in [0, 0.05) is 0 Å². The van der Waals surface area contributed by atoms with E-state index in [2.05, 4.69) is 38.1 Å². The summed E-state index contributed by atoms with van der Waals surface area (Å²) in [4.78, 5) is 0. The Hall–Kier alpha value is -1.31. The Balaban J connectivity index is 0. The third-order valence-corrected chi connectivity index (χ3v) is 4.65. The molecule has 0 aromatic heterocycles. The molecule has 0 spiro atoms. The first-order chi connectivity index (χ1) is 16.7. The quantitative estimate of drug-likeness (QED) is 0.177. The van der Waals surface area contributed by atoms with Crippen molar-refractivity contribution in [2.75, 3.05) is 0 Å². The van der Waals surface area contributed by atoms with Crippen molar-refractivity contribution in [1.29, 1.82) is 0 Å². The molecular formula is C19H17F18I. The van der Waals surface area contributed by atoms with Crippen molar-refractivity contribution >= 4 is 23.2 Å². The zero-order valence-corrected chi connectivity index (χ0v) is 21.0. The SMILES string of the molecule is CC(C)c1ccccc1.CC(F)C(F)(F)C(F)(F)C(F)(F)C(F)(F)C(F)(F)C(F)(F)C(F)(F)C(F)F.FI. The normalized spacial score (nSPS) is 14.9. The van der Waals surface area contributed by atoms with Crippen LogP contribution in [0.3, 0.4) is 0 Å². The van der Waals surface area contributed by atoms with Gasteiger partial charge in [0.2, 0.25) is 0 Å². The maximum atomic E-state index is 13.1. The largest absolute Gasteiger partial charge is 0.385 e. The number of rotatable bonds is 9. The average Bonchev–Trinajstić information content (AvgIpc) is 2.80. The second kappa shape index (κ2) is 12.9. The molecule has 0 nitrogen and oxygen atoms in total. The zero-order chi connectivity index (χ0) is 31.3. The molecule has 1 unspecified atom stereocenters. The van der Waals surface area contributed by atoms with Crippen molar-refractivity contribution in [2.45, 2.75) is 80.7 Å². The van der Waals surface area contributed by atoms with Crippen LogP contribution in [-0.2, 0) is 0 Å². The van der Waals surface area contributed by atoms with Crippen LogP contribution >= 0.6 is 23.2 Å².